The molecule has 0 unspecified atom stereocenters. The molecule has 7 nitrogen and oxygen atoms in total. The summed E-state index contributed by atoms with van der Waals surface area (Å²) in [6.45, 7) is 4.76. The van der Waals surface area contributed by atoms with Gasteiger partial charge in [-0.2, -0.15) is 15.0 Å². The van der Waals surface area contributed by atoms with Crippen LogP contribution >= 0.6 is 23.2 Å². The van der Waals surface area contributed by atoms with Gasteiger partial charge in [0.05, 0.1) is 23.3 Å². The largest absolute Gasteiger partial charge is 0.378 e. The molecule has 4 rings (SSSR count). The number of morpholine rings is 1. The highest BCUT2D eigenvalue weighted by Crippen LogP contribution is 2.27. The molecule has 0 radical (unpaired) electrons. The monoisotopic (exact) mass is 430 g/mol. The Hall–Kier alpha value is -2.61. The molecule has 1 aliphatic heterocycles. The number of rotatable bonds is 5. The highest BCUT2D eigenvalue weighted by molar-refractivity contribution is 6.42. The molecule has 3 aromatic rings. The van der Waals surface area contributed by atoms with Crippen molar-refractivity contribution in [3.05, 3.63) is 58.1 Å². The second-order valence-electron chi connectivity index (χ2n) is 6.63. The molecule has 0 aliphatic carbocycles. The van der Waals surface area contributed by atoms with E-state index in [0.717, 1.165) is 30.0 Å². The predicted molar refractivity (Wildman–Crippen MR) is 117 cm³/mol. The van der Waals surface area contributed by atoms with E-state index in [9.17, 15) is 0 Å². The smallest absolute Gasteiger partial charge is 0.233 e. The fraction of sp³-hybridized carbons (Fsp3) is 0.250. The number of aryl methyl sites for hydroxylation is 1. The molecule has 0 atom stereocenters. The molecule has 1 aromatic heterocycles. The Morgan fingerprint density at radius 1 is 0.862 bits per heavy atom. The third kappa shape index (κ3) is 5.06. The van der Waals surface area contributed by atoms with E-state index in [4.69, 9.17) is 27.9 Å². The summed E-state index contributed by atoms with van der Waals surface area (Å²) in [5.41, 5.74) is 2.79. The zero-order valence-electron chi connectivity index (χ0n) is 15.8. The van der Waals surface area contributed by atoms with Crippen LogP contribution in [0, 0.1) is 6.92 Å². The summed E-state index contributed by atoms with van der Waals surface area (Å²) in [5.74, 6) is 1.45. The number of ether oxygens (including phenoxy) is 1. The maximum atomic E-state index is 6.13. The van der Waals surface area contributed by atoms with E-state index >= 15 is 0 Å². The van der Waals surface area contributed by atoms with Gasteiger partial charge in [0.1, 0.15) is 0 Å². The van der Waals surface area contributed by atoms with Gasteiger partial charge in [-0.3, -0.25) is 0 Å². The van der Waals surface area contributed by atoms with E-state index in [2.05, 4.69) is 30.5 Å². The second kappa shape index (κ2) is 8.82. The Morgan fingerprint density at radius 3 is 2.21 bits per heavy atom. The first-order valence-electron chi connectivity index (χ1n) is 9.21. The summed E-state index contributed by atoms with van der Waals surface area (Å²) in [6.07, 6.45) is 0. The number of hydrogen-bond donors (Lipinski definition) is 2. The molecule has 0 bridgehead atoms. The summed E-state index contributed by atoms with van der Waals surface area (Å²) < 4.78 is 5.44. The van der Waals surface area contributed by atoms with Crippen molar-refractivity contribution in [1.82, 2.24) is 15.0 Å². The van der Waals surface area contributed by atoms with E-state index in [1.807, 2.05) is 37.3 Å². The van der Waals surface area contributed by atoms with Gasteiger partial charge >= 0.3 is 0 Å². The van der Waals surface area contributed by atoms with Crippen molar-refractivity contribution in [3.63, 3.8) is 0 Å². The molecule has 150 valence electrons. The third-order valence-corrected chi connectivity index (χ3v) is 5.11. The Balaban J connectivity index is 1.65. The first-order chi connectivity index (χ1) is 14.1. The highest BCUT2D eigenvalue weighted by Gasteiger charge is 2.17. The molecule has 9 heteroatoms. The Kier molecular flexibility index (Phi) is 5.99. The first kappa shape index (κ1) is 19.7. The SMILES string of the molecule is Cc1cccc(Nc2nc(Nc3ccc(Cl)c(Cl)c3)nc(N3CCOCC3)n2)c1. The van der Waals surface area contributed by atoms with Crippen molar-refractivity contribution in [2.45, 2.75) is 6.92 Å². The average molecular weight is 431 g/mol. The highest BCUT2D eigenvalue weighted by atomic mass is 35.5. The first-order valence-corrected chi connectivity index (χ1v) is 9.97. The molecule has 29 heavy (non-hydrogen) atoms. The summed E-state index contributed by atoms with van der Waals surface area (Å²) in [7, 11) is 0. The minimum atomic E-state index is 0.412. The summed E-state index contributed by atoms with van der Waals surface area (Å²) in [4.78, 5) is 15.8. The predicted octanol–water partition coefficient (Wildman–Crippen LogP) is 4.81. The average Bonchev–Trinajstić information content (AvgIpc) is 2.71. The standard InChI is InChI=1S/C20H20Cl2N6O/c1-13-3-2-4-14(11-13)23-18-25-19(24-15-5-6-16(21)17(22)12-15)27-20(26-18)28-7-9-29-10-8-28/h2-6,11-12H,7-10H2,1H3,(H2,23,24,25,26,27). The number of anilines is 5. The second-order valence-corrected chi connectivity index (χ2v) is 7.44. The van der Waals surface area contributed by atoms with Crippen LogP contribution in [0.2, 0.25) is 10.0 Å². The van der Waals surface area contributed by atoms with Gasteiger partial charge in [-0.15, -0.1) is 0 Å². The van der Waals surface area contributed by atoms with Crippen LogP contribution in [0.5, 0.6) is 0 Å². The zero-order chi connectivity index (χ0) is 20.2. The van der Waals surface area contributed by atoms with Crippen molar-refractivity contribution in [1.29, 1.82) is 0 Å². The van der Waals surface area contributed by atoms with Gasteiger partial charge in [0.2, 0.25) is 17.8 Å². The van der Waals surface area contributed by atoms with Crippen molar-refractivity contribution < 1.29 is 4.74 Å². The van der Waals surface area contributed by atoms with Gasteiger partial charge in [-0.1, -0.05) is 35.3 Å². The maximum absolute atomic E-state index is 6.13. The number of hydrogen-bond acceptors (Lipinski definition) is 7. The van der Waals surface area contributed by atoms with Gasteiger partial charge in [0.15, 0.2) is 0 Å². The number of aromatic nitrogens is 3. The van der Waals surface area contributed by atoms with E-state index in [1.54, 1.807) is 12.1 Å². The van der Waals surface area contributed by atoms with Crippen molar-refractivity contribution in [3.8, 4) is 0 Å². The lowest BCUT2D eigenvalue weighted by Gasteiger charge is -2.27. The Morgan fingerprint density at radius 2 is 1.55 bits per heavy atom. The topological polar surface area (TPSA) is 75.2 Å². The number of halogens is 2. The zero-order valence-corrected chi connectivity index (χ0v) is 17.3. The molecule has 1 aliphatic rings. The molecule has 0 amide bonds. The van der Waals surface area contributed by atoms with E-state index < -0.39 is 0 Å². The number of benzene rings is 2. The van der Waals surface area contributed by atoms with Crippen LogP contribution in [0.15, 0.2) is 42.5 Å². The number of nitrogens with zero attached hydrogens (tertiary/aromatic N) is 4. The third-order valence-electron chi connectivity index (χ3n) is 4.37. The van der Waals surface area contributed by atoms with Crippen LogP contribution in [-0.2, 0) is 4.74 Å². The molecule has 2 N–H and O–H groups in total. The molecule has 1 fully saturated rings. The van der Waals surface area contributed by atoms with Crippen LogP contribution < -0.4 is 15.5 Å². The van der Waals surface area contributed by atoms with E-state index in [0.29, 0.717) is 41.1 Å². The molecule has 0 spiro atoms. The van der Waals surface area contributed by atoms with Crippen LogP contribution in [0.4, 0.5) is 29.2 Å². The minimum absolute atomic E-state index is 0.412. The molecular weight excluding hydrogens is 411 g/mol. The van der Waals surface area contributed by atoms with Gasteiger partial charge < -0.3 is 20.3 Å². The van der Waals surface area contributed by atoms with Crippen LogP contribution in [0.25, 0.3) is 0 Å². The number of nitrogens with one attached hydrogen (secondary N) is 2. The summed E-state index contributed by atoms with van der Waals surface area (Å²) in [5, 5.41) is 7.39. The van der Waals surface area contributed by atoms with Gasteiger partial charge in [-0.25, -0.2) is 0 Å². The lowest BCUT2D eigenvalue weighted by Crippen LogP contribution is -2.37. The summed E-state index contributed by atoms with van der Waals surface area (Å²) in [6, 6.07) is 13.3. The molecule has 1 saturated heterocycles. The fourth-order valence-corrected chi connectivity index (χ4v) is 3.23. The Labute approximate surface area is 179 Å². The van der Waals surface area contributed by atoms with Crippen molar-refractivity contribution in [2.24, 2.45) is 0 Å². The van der Waals surface area contributed by atoms with Crippen LogP contribution in [-0.4, -0.2) is 41.3 Å². The normalized spacial score (nSPS) is 14.0. The minimum Gasteiger partial charge on any atom is -0.378 e. The van der Waals surface area contributed by atoms with Gasteiger partial charge in [-0.05, 0) is 42.8 Å². The quantitative estimate of drug-likeness (QED) is 0.601. The molecular formula is C20H20Cl2N6O. The molecule has 2 aromatic carbocycles. The van der Waals surface area contributed by atoms with Crippen molar-refractivity contribution >= 4 is 52.4 Å². The van der Waals surface area contributed by atoms with Gasteiger partial charge in [0, 0.05) is 24.5 Å². The van der Waals surface area contributed by atoms with Crippen LogP contribution in [0.3, 0.4) is 0 Å². The van der Waals surface area contributed by atoms with Crippen molar-refractivity contribution in [2.75, 3.05) is 41.8 Å². The lowest BCUT2D eigenvalue weighted by atomic mass is 10.2. The van der Waals surface area contributed by atoms with Gasteiger partial charge in [0.25, 0.3) is 0 Å². The fourth-order valence-electron chi connectivity index (χ4n) is 2.94. The molecule has 2 heterocycles. The summed E-state index contributed by atoms with van der Waals surface area (Å²) >= 11 is 12.1. The van der Waals surface area contributed by atoms with E-state index in [-0.39, 0.29) is 0 Å². The Bertz CT molecular complexity index is 1010. The van der Waals surface area contributed by atoms with Crippen LogP contribution in [0.1, 0.15) is 5.56 Å². The lowest BCUT2D eigenvalue weighted by molar-refractivity contribution is 0.122. The maximum Gasteiger partial charge on any atom is 0.233 e. The van der Waals surface area contributed by atoms with E-state index in [1.165, 1.54) is 0 Å². The molecule has 0 saturated carbocycles.